The molecule has 2 heterocycles. The van der Waals surface area contributed by atoms with Crippen molar-refractivity contribution in [1.29, 1.82) is 0 Å². The summed E-state index contributed by atoms with van der Waals surface area (Å²) in [5, 5.41) is 10.9. The van der Waals surface area contributed by atoms with E-state index in [1.807, 2.05) is 0 Å². The molecule has 0 saturated carbocycles. The lowest BCUT2D eigenvalue weighted by molar-refractivity contribution is -0.385. The lowest BCUT2D eigenvalue weighted by Crippen LogP contribution is -2.50. The minimum atomic E-state index is -0.417. The van der Waals surface area contributed by atoms with Crippen molar-refractivity contribution in [2.24, 2.45) is 5.41 Å². The Morgan fingerprint density at radius 1 is 1.35 bits per heavy atom. The second-order valence-corrected chi connectivity index (χ2v) is 5.59. The molecule has 0 bridgehead atoms. The van der Waals surface area contributed by atoms with E-state index in [1.54, 1.807) is 12.1 Å². The van der Waals surface area contributed by atoms with Gasteiger partial charge in [-0.15, -0.1) is 0 Å². The number of anilines is 1. The molecule has 1 aromatic carbocycles. The van der Waals surface area contributed by atoms with Crippen LogP contribution in [0.4, 0.5) is 11.4 Å². The number of nitrogens with zero attached hydrogens (tertiary/aromatic N) is 2. The Morgan fingerprint density at radius 2 is 2.05 bits per heavy atom. The summed E-state index contributed by atoms with van der Waals surface area (Å²) >= 11 is 0. The number of methoxy groups -OCH3 is 1. The van der Waals surface area contributed by atoms with Gasteiger partial charge in [-0.3, -0.25) is 10.1 Å². The highest BCUT2D eigenvalue weighted by atomic mass is 16.6. The molecular formula is C14H18N2O4. The Bertz CT molecular complexity index is 518. The number of piperidine rings is 1. The van der Waals surface area contributed by atoms with E-state index in [0.717, 1.165) is 44.8 Å². The fourth-order valence-electron chi connectivity index (χ4n) is 2.93. The van der Waals surface area contributed by atoms with Gasteiger partial charge in [-0.25, -0.2) is 0 Å². The lowest BCUT2D eigenvalue weighted by Gasteiger charge is -2.47. The van der Waals surface area contributed by atoms with E-state index >= 15 is 0 Å². The first-order valence-electron chi connectivity index (χ1n) is 6.79. The van der Waals surface area contributed by atoms with Crippen molar-refractivity contribution in [1.82, 2.24) is 0 Å². The Kier molecular flexibility index (Phi) is 3.25. The number of nitro groups is 1. The molecule has 6 nitrogen and oxygen atoms in total. The van der Waals surface area contributed by atoms with Crippen LogP contribution in [0.2, 0.25) is 0 Å². The van der Waals surface area contributed by atoms with Gasteiger partial charge in [-0.1, -0.05) is 0 Å². The van der Waals surface area contributed by atoms with E-state index in [4.69, 9.17) is 9.47 Å². The Morgan fingerprint density at radius 3 is 2.55 bits per heavy atom. The Labute approximate surface area is 117 Å². The minimum Gasteiger partial charge on any atom is -0.490 e. The van der Waals surface area contributed by atoms with Crippen molar-refractivity contribution in [2.75, 3.05) is 38.3 Å². The number of ether oxygens (including phenoxy) is 2. The maximum atomic E-state index is 10.9. The normalized spacial score (nSPS) is 20.6. The highest BCUT2D eigenvalue weighted by Gasteiger charge is 2.41. The standard InChI is InChI=1S/C14H18N2O4/c1-19-13-8-11(2-3-12(13)16(17)18)15-6-4-14(5-7-15)9-20-10-14/h2-3,8H,4-7,9-10H2,1H3. The minimum absolute atomic E-state index is 0.0112. The van der Waals surface area contributed by atoms with Gasteiger partial charge in [0.25, 0.3) is 0 Å². The summed E-state index contributed by atoms with van der Waals surface area (Å²) in [6, 6.07) is 5.08. The van der Waals surface area contributed by atoms with Crippen LogP contribution in [-0.4, -0.2) is 38.3 Å². The van der Waals surface area contributed by atoms with Gasteiger partial charge in [0.1, 0.15) is 0 Å². The van der Waals surface area contributed by atoms with E-state index < -0.39 is 4.92 Å². The van der Waals surface area contributed by atoms with Crippen LogP contribution < -0.4 is 9.64 Å². The quantitative estimate of drug-likeness (QED) is 0.626. The molecule has 0 aromatic heterocycles. The second kappa shape index (κ2) is 4.94. The third-order valence-corrected chi connectivity index (χ3v) is 4.37. The molecule has 0 amide bonds. The summed E-state index contributed by atoms with van der Waals surface area (Å²) in [4.78, 5) is 12.7. The zero-order valence-corrected chi connectivity index (χ0v) is 11.5. The fourth-order valence-corrected chi connectivity index (χ4v) is 2.93. The highest BCUT2D eigenvalue weighted by Crippen LogP contribution is 2.40. The third kappa shape index (κ3) is 2.20. The molecule has 0 radical (unpaired) electrons. The van der Waals surface area contributed by atoms with Gasteiger partial charge >= 0.3 is 5.69 Å². The molecule has 2 aliphatic rings. The molecule has 2 fully saturated rings. The zero-order valence-electron chi connectivity index (χ0n) is 11.5. The van der Waals surface area contributed by atoms with Crippen LogP contribution in [0.5, 0.6) is 5.75 Å². The lowest BCUT2D eigenvalue weighted by atomic mass is 9.77. The molecule has 0 aliphatic carbocycles. The van der Waals surface area contributed by atoms with Gasteiger partial charge < -0.3 is 14.4 Å². The van der Waals surface area contributed by atoms with E-state index in [-0.39, 0.29) is 5.69 Å². The molecule has 0 unspecified atom stereocenters. The van der Waals surface area contributed by atoms with Crippen molar-refractivity contribution in [2.45, 2.75) is 12.8 Å². The van der Waals surface area contributed by atoms with E-state index in [9.17, 15) is 10.1 Å². The summed E-state index contributed by atoms with van der Waals surface area (Å²) in [5.41, 5.74) is 1.39. The van der Waals surface area contributed by atoms with Crippen LogP contribution in [-0.2, 0) is 4.74 Å². The summed E-state index contributed by atoms with van der Waals surface area (Å²) in [6.07, 6.45) is 2.23. The Hall–Kier alpha value is -1.82. The van der Waals surface area contributed by atoms with E-state index in [2.05, 4.69) is 4.90 Å². The van der Waals surface area contributed by atoms with Crippen LogP contribution >= 0.6 is 0 Å². The van der Waals surface area contributed by atoms with Crippen LogP contribution in [0.1, 0.15) is 12.8 Å². The first-order chi connectivity index (χ1) is 9.63. The monoisotopic (exact) mass is 278 g/mol. The summed E-state index contributed by atoms with van der Waals surface area (Å²) in [7, 11) is 1.46. The topological polar surface area (TPSA) is 64.8 Å². The van der Waals surface area contributed by atoms with Gasteiger partial charge in [-0.2, -0.15) is 0 Å². The van der Waals surface area contributed by atoms with Crippen LogP contribution in [0.25, 0.3) is 0 Å². The number of hydrogen-bond donors (Lipinski definition) is 0. The SMILES string of the molecule is COc1cc(N2CCC3(CC2)COC3)ccc1[N+](=O)[O-]. The molecule has 1 aromatic rings. The fraction of sp³-hybridized carbons (Fsp3) is 0.571. The molecule has 108 valence electrons. The molecular weight excluding hydrogens is 260 g/mol. The van der Waals surface area contributed by atoms with Crippen LogP contribution in [0.3, 0.4) is 0 Å². The van der Waals surface area contributed by atoms with Crippen molar-refractivity contribution < 1.29 is 14.4 Å². The molecule has 2 aliphatic heterocycles. The predicted octanol–water partition coefficient (Wildman–Crippen LogP) is 2.22. The van der Waals surface area contributed by atoms with Crippen molar-refractivity contribution in [3.05, 3.63) is 28.3 Å². The third-order valence-electron chi connectivity index (χ3n) is 4.37. The van der Waals surface area contributed by atoms with Crippen LogP contribution in [0.15, 0.2) is 18.2 Å². The highest BCUT2D eigenvalue weighted by molar-refractivity contribution is 5.59. The van der Waals surface area contributed by atoms with Gasteiger partial charge in [-0.05, 0) is 18.9 Å². The number of rotatable bonds is 3. The van der Waals surface area contributed by atoms with Gasteiger partial charge in [0.05, 0.1) is 25.2 Å². The molecule has 2 saturated heterocycles. The van der Waals surface area contributed by atoms with Gasteiger partial charge in [0.15, 0.2) is 5.75 Å². The summed E-state index contributed by atoms with van der Waals surface area (Å²) < 4.78 is 10.4. The summed E-state index contributed by atoms with van der Waals surface area (Å²) in [5.74, 6) is 0.319. The van der Waals surface area contributed by atoms with Crippen LogP contribution in [0, 0.1) is 15.5 Å². The number of nitro benzene ring substituents is 1. The molecule has 20 heavy (non-hydrogen) atoms. The molecule has 6 heteroatoms. The van der Waals surface area contributed by atoms with Crippen molar-refractivity contribution in [3.8, 4) is 5.75 Å². The largest absolute Gasteiger partial charge is 0.490 e. The molecule has 3 rings (SSSR count). The molecule has 0 N–H and O–H groups in total. The van der Waals surface area contributed by atoms with E-state index in [1.165, 1.54) is 13.2 Å². The van der Waals surface area contributed by atoms with E-state index in [0.29, 0.717) is 11.2 Å². The second-order valence-electron chi connectivity index (χ2n) is 5.59. The smallest absolute Gasteiger partial charge is 0.311 e. The van der Waals surface area contributed by atoms with Crippen molar-refractivity contribution in [3.63, 3.8) is 0 Å². The maximum Gasteiger partial charge on any atom is 0.311 e. The first-order valence-corrected chi connectivity index (χ1v) is 6.79. The first kappa shape index (κ1) is 13.2. The number of hydrogen-bond acceptors (Lipinski definition) is 5. The summed E-state index contributed by atoms with van der Waals surface area (Å²) in [6.45, 7) is 3.68. The molecule has 1 spiro atoms. The zero-order chi connectivity index (χ0) is 14.2. The maximum absolute atomic E-state index is 10.9. The number of benzene rings is 1. The average Bonchev–Trinajstić information content (AvgIpc) is 2.45. The van der Waals surface area contributed by atoms with Gasteiger partial charge in [0, 0.05) is 36.3 Å². The average molecular weight is 278 g/mol. The Balaban J connectivity index is 1.76. The van der Waals surface area contributed by atoms with Gasteiger partial charge in [0.2, 0.25) is 0 Å². The predicted molar refractivity (Wildman–Crippen MR) is 74.3 cm³/mol. The van der Waals surface area contributed by atoms with Crippen molar-refractivity contribution >= 4 is 11.4 Å². The molecule has 0 atom stereocenters.